The molecule has 0 aliphatic rings. The van der Waals surface area contributed by atoms with Gasteiger partial charge >= 0.3 is 12.1 Å². The summed E-state index contributed by atoms with van der Waals surface area (Å²) in [6.07, 6.45) is 0.268. The van der Waals surface area contributed by atoms with E-state index in [4.69, 9.17) is 4.74 Å². The van der Waals surface area contributed by atoms with E-state index in [0.29, 0.717) is 12.8 Å². The largest absolute Gasteiger partial charge is 0.480 e. The normalized spacial score (nSPS) is 11.5. The van der Waals surface area contributed by atoms with Crippen molar-refractivity contribution >= 4 is 12.1 Å². The van der Waals surface area contributed by atoms with Crippen molar-refractivity contribution in [3.63, 3.8) is 0 Å². The average Bonchev–Trinajstić information content (AvgIpc) is 2.61. The van der Waals surface area contributed by atoms with E-state index >= 15 is 0 Å². The maximum Gasteiger partial charge on any atom is 0.410 e. The number of hydrogen-bond acceptors (Lipinski definition) is 3. The molecule has 1 amide bonds. The molecule has 0 saturated carbocycles. The van der Waals surface area contributed by atoms with Crippen LogP contribution < -0.4 is 0 Å². The first-order valence-corrected chi connectivity index (χ1v) is 7.78. The molecule has 5 nitrogen and oxygen atoms in total. The first-order valence-electron chi connectivity index (χ1n) is 7.78. The van der Waals surface area contributed by atoms with Crippen LogP contribution >= 0.6 is 0 Å². The van der Waals surface area contributed by atoms with E-state index in [1.54, 1.807) is 0 Å². The molecule has 0 saturated heterocycles. The van der Waals surface area contributed by atoms with Crippen molar-refractivity contribution in [3.8, 4) is 0 Å². The summed E-state index contributed by atoms with van der Waals surface area (Å²) < 4.78 is 5.20. The highest BCUT2D eigenvalue weighted by Crippen LogP contribution is 2.11. The number of hydrogen-bond donors (Lipinski definition) is 1. The SMILES string of the molecule is CN(C(=O)OCc1ccccc1)[C@H](CCc1ccccc1)C(=O)O. The second kappa shape index (κ2) is 8.72. The Morgan fingerprint density at radius 1 is 1.00 bits per heavy atom. The van der Waals surface area contributed by atoms with Gasteiger partial charge in [0.2, 0.25) is 0 Å². The third-order valence-corrected chi connectivity index (χ3v) is 3.79. The smallest absolute Gasteiger partial charge is 0.410 e. The van der Waals surface area contributed by atoms with Gasteiger partial charge in [-0.3, -0.25) is 4.90 Å². The lowest BCUT2D eigenvalue weighted by atomic mass is 10.0. The van der Waals surface area contributed by atoms with Crippen LogP contribution in [0, 0.1) is 0 Å². The molecule has 0 radical (unpaired) electrons. The van der Waals surface area contributed by atoms with Gasteiger partial charge in [0.25, 0.3) is 0 Å². The predicted octanol–water partition coefficient (Wildman–Crippen LogP) is 3.34. The van der Waals surface area contributed by atoms with E-state index in [0.717, 1.165) is 16.0 Å². The summed E-state index contributed by atoms with van der Waals surface area (Å²) in [7, 11) is 1.46. The van der Waals surface area contributed by atoms with Gasteiger partial charge in [-0.1, -0.05) is 60.7 Å². The Kier molecular flexibility index (Phi) is 6.37. The number of amides is 1. The molecule has 0 unspecified atom stereocenters. The lowest BCUT2D eigenvalue weighted by Crippen LogP contribution is -2.42. The lowest BCUT2D eigenvalue weighted by Gasteiger charge is -2.24. The molecular formula is C19H21NO4. The molecule has 0 bridgehead atoms. The molecule has 126 valence electrons. The summed E-state index contributed by atoms with van der Waals surface area (Å²) in [5.74, 6) is -1.04. The topological polar surface area (TPSA) is 66.8 Å². The van der Waals surface area contributed by atoms with Crippen LogP contribution in [0.2, 0.25) is 0 Å². The second-order valence-electron chi connectivity index (χ2n) is 5.53. The molecule has 2 rings (SSSR count). The van der Waals surface area contributed by atoms with E-state index in [1.807, 2.05) is 60.7 Å². The highest BCUT2D eigenvalue weighted by Gasteiger charge is 2.27. The Morgan fingerprint density at radius 3 is 2.08 bits per heavy atom. The minimum atomic E-state index is -1.04. The van der Waals surface area contributed by atoms with Crippen molar-refractivity contribution in [1.82, 2.24) is 4.90 Å². The van der Waals surface area contributed by atoms with Crippen LogP contribution in [0.25, 0.3) is 0 Å². The fraction of sp³-hybridized carbons (Fsp3) is 0.263. The highest BCUT2D eigenvalue weighted by atomic mass is 16.6. The van der Waals surface area contributed by atoms with Crippen LogP contribution in [0.4, 0.5) is 4.79 Å². The monoisotopic (exact) mass is 327 g/mol. The number of benzene rings is 2. The van der Waals surface area contributed by atoms with Crippen LogP contribution in [-0.2, 0) is 22.6 Å². The average molecular weight is 327 g/mol. The van der Waals surface area contributed by atoms with Crippen LogP contribution in [0.3, 0.4) is 0 Å². The van der Waals surface area contributed by atoms with Crippen LogP contribution in [0.15, 0.2) is 60.7 Å². The third-order valence-electron chi connectivity index (χ3n) is 3.79. The number of rotatable bonds is 7. The molecule has 0 fully saturated rings. The van der Waals surface area contributed by atoms with Gasteiger partial charge in [-0.2, -0.15) is 0 Å². The molecular weight excluding hydrogens is 306 g/mol. The molecule has 1 N–H and O–H groups in total. The minimum absolute atomic E-state index is 0.120. The number of carboxylic acid groups (broad SMARTS) is 1. The molecule has 0 heterocycles. The van der Waals surface area contributed by atoms with Crippen molar-refractivity contribution in [2.45, 2.75) is 25.5 Å². The van der Waals surface area contributed by atoms with E-state index < -0.39 is 18.1 Å². The van der Waals surface area contributed by atoms with Crippen molar-refractivity contribution in [2.75, 3.05) is 7.05 Å². The van der Waals surface area contributed by atoms with E-state index in [1.165, 1.54) is 7.05 Å². The summed E-state index contributed by atoms with van der Waals surface area (Å²) in [5.41, 5.74) is 1.89. The summed E-state index contributed by atoms with van der Waals surface area (Å²) in [4.78, 5) is 24.8. The first-order chi connectivity index (χ1) is 11.6. The van der Waals surface area contributed by atoms with Crippen molar-refractivity contribution in [2.24, 2.45) is 0 Å². The summed E-state index contributed by atoms with van der Waals surface area (Å²) in [6, 6.07) is 17.9. The van der Waals surface area contributed by atoms with E-state index in [-0.39, 0.29) is 6.61 Å². The fourth-order valence-electron chi connectivity index (χ4n) is 2.38. The Balaban J connectivity index is 1.91. The first kappa shape index (κ1) is 17.5. The van der Waals surface area contributed by atoms with Gasteiger partial charge in [-0.05, 0) is 24.0 Å². The predicted molar refractivity (Wildman–Crippen MR) is 90.6 cm³/mol. The standard InChI is InChI=1S/C19H21NO4/c1-20(19(23)24-14-16-10-6-3-7-11-16)17(18(21)22)13-12-15-8-4-2-5-9-15/h2-11,17H,12-14H2,1H3,(H,21,22)/t17-/m1/s1. The Hall–Kier alpha value is -2.82. The van der Waals surface area contributed by atoms with Gasteiger partial charge in [0.05, 0.1) is 0 Å². The summed E-state index contributed by atoms with van der Waals surface area (Å²) in [5, 5.41) is 9.41. The fourth-order valence-corrected chi connectivity index (χ4v) is 2.38. The van der Waals surface area contributed by atoms with Crippen molar-refractivity contribution in [1.29, 1.82) is 0 Å². The number of nitrogens with zero attached hydrogens (tertiary/aromatic N) is 1. The summed E-state index contributed by atoms with van der Waals surface area (Å²) in [6.45, 7) is 0.120. The number of carboxylic acids is 1. The third kappa shape index (κ3) is 5.12. The molecule has 2 aromatic carbocycles. The van der Waals surface area contributed by atoms with E-state index in [9.17, 15) is 14.7 Å². The molecule has 5 heteroatoms. The molecule has 0 spiro atoms. The summed E-state index contributed by atoms with van der Waals surface area (Å²) >= 11 is 0. The number of likely N-dealkylation sites (N-methyl/N-ethyl adjacent to an activating group) is 1. The zero-order valence-electron chi connectivity index (χ0n) is 13.6. The van der Waals surface area contributed by atoms with Crippen LogP contribution in [0.5, 0.6) is 0 Å². The number of aliphatic carboxylic acids is 1. The number of carbonyl (C=O) groups excluding carboxylic acids is 1. The zero-order valence-corrected chi connectivity index (χ0v) is 13.6. The Morgan fingerprint density at radius 2 is 1.54 bits per heavy atom. The van der Waals surface area contributed by atoms with Gasteiger partial charge in [-0.25, -0.2) is 9.59 Å². The Bertz CT molecular complexity index is 658. The van der Waals surface area contributed by atoms with Crippen LogP contribution in [0.1, 0.15) is 17.5 Å². The lowest BCUT2D eigenvalue weighted by molar-refractivity contribution is -0.142. The van der Waals surface area contributed by atoms with Crippen molar-refractivity contribution < 1.29 is 19.4 Å². The molecule has 2 aromatic rings. The second-order valence-corrected chi connectivity index (χ2v) is 5.53. The van der Waals surface area contributed by atoms with Crippen molar-refractivity contribution in [3.05, 3.63) is 71.8 Å². The number of aryl methyl sites for hydroxylation is 1. The van der Waals surface area contributed by atoms with Gasteiger partial charge in [0.15, 0.2) is 0 Å². The quantitative estimate of drug-likeness (QED) is 0.847. The maximum absolute atomic E-state index is 12.1. The van der Waals surface area contributed by atoms with Gasteiger partial charge in [0, 0.05) is 7.05 Å². The molecule has 1 atom stereocenters. The maximum atomic E-state index is 12.1. The molecule has 0 aromatic heterocycles. The Labute approximate surface area is 141 Å². The highest BCUT2D eigenvalue weighted by molar-refractivity contribution is 5.79. The van der Waals surface area contributed by atoms with Gasteiger partial charge in [0.1, 0.15) is 12.6 Å². The van der Waals surface area contributed by atoms with Gasteiger partial charge in [-0.15, -0.1) is 0 Å². The number of carbonyl (C=O) groups is 2. The van der Waals surface area contributed by atoms with E-state index in [2.05, 4.69) is 0 Å². The number of ether oxygens (including phenoxy) is 1. The van der Waals surface area contributed by atoms with Gasteiger partial charge < -0.3 is 9.84 Å². The minimum Gasteiger partial charge on any atom is -0.480 e. The molecule has 24 heavy (non-hydrogen) atoms. The van der Waals surface area contributed by atoms with Crippen LogP contribution in [-0.4, -0.2) is 35.2 Å². The zero-order chi connectivity index (χ0) is 17.4. The molecule has 0 aliphatic carbocycles. The molecule has 0 aliphatic heterocycles.